The fraction of sp³-hybridized carbons (Fsp3) is 0.500. The van der Waals surface area contributed by atoms with Gasteiger partial charge in [-0.1, -0.05) is 17.7 Å². The highest BCUT2D eigenvalue weighted by atomic mass is 35.5. The lowest BCUT2D eigenvalue weighted by Gasteiger charge is -2.16. The van der Waals surface area contributed by atoms with Gasteiger partial charge < -0.3 is 9.47 Å². The predicted molar refractivity (Wildman–Crippen MR) is 65.9 cm³/mol. The minimum Gasteiger partial charge on any atom is -0.495 e. The lowest BCUT2D eigenvalue weighted by molar-refractivity contribution is 0.390. The smallest absolute Gasteiger partial charge is 0.145 e. The molecular formula is C12H14Cl2O2. The van der Waals surface area contributed by atoms with E-state index in [-0.39, 0.29) is 5.38 Å². The van der Waals surface area contributed by atoms with E-state index in [1.807, 2.05) is 12.1 Å². The molecule has 0 N–H and O–H groups in total. The van der Waals surface area contributed by atoms with Crippen LogP contribution in [0.4, 0.5) is 0 Å². The number of hydrogen-bond donors (Lipinski definition) is 0. The molecule has 0 radical (unpaired) electrons. The third kappa shape index (κ3) is 2.09. The van der Waals surface area contributed by atoms with Crippen LogP contribution >= 0.6 is 23.2 Å². The second-order valence-electron chi connectivity index (χ2n) is 3.94. The summed E-state index contributed by atoms with van der Waals surface area (Å²) in [5.41, 5.74) is 0.956. The zero-order valence-electron chi connectivity index (χ0n) is 9.30. The van der Waals surface area contributed by atoms with Crippen molar-refractivity contribution >= 4 is 23.2 Å². The molecule has 88 valence electrons. The maximum Gasteiger partial charge on any atom is 0.145 e. The largest absolute Gasteiger partial charge is 0.495 e. The second-order valence-corrected chi connectivity index (χ2v) is 4.79. The van der Waals surface area contributed by atoms with Crippen LogP contribution < -0.4 is 9.47 Å². The molecule has 0 saturated heterocycles. The summed E-state index contributed by atoms with van der Waals surface area (Å²) < 4.78 is 10.5. The molecule has 1 aromatic carbocycles. The molecule has 16 heavy (non-hydrogen) atoms. The number of hydrogen-bond acceptors (Lipinski definition) is 2. The Morgan fingerprint density at radius 2 is 1.94 bits per heavy atom. The van der Waals surface area contributed by atoms with E-state index < -0.39 is 0 Å². The first-order chi connectivity index (χ1) is 7.69. The van der Waals surface area contributed by atoms with Gasteiger partial charge in [0.05, 0.1) is 19.6 Å². The summed E-state index contributed by atoms with van der Waals surface area (Å²) in [5, 5.41) is 0.479. The molecule has 1 saturated carbocycles. The molecule has 4 heteroatoms. The molecule has 0 bridgehead atoms. The molecule has 0 aliphatic heterocycles. The van der Waals surface area contributed by atoms with Crippen LogP contribution in [0.3, 0.4) is 0 Å². The number of alkyl halides is 1. The van der Waals surface area contributed by atoms with Crippen LogP contribution in [0.25, 0.3) is 0 Å². The Morgan fingerprint density at radius 3 is 2.44 bits per heavy atom. The average molecular weight is 261 g/mol. The maximum atomic E-state index is 6.38. The van der Waals surface area contributed by atoms with Crippen molar-refractivity contribution in [2.75, 3.05) is 14.2 Å². The Hall–Kier alpha value is -0.600. The zero-order valence-corrected chi connectivity index (χ0v) is 10.8. The third-order valence-electron chi connectivity index (χ3n) is 2.85. The summed E-state index contributed by atoms with van der Waals surface area (Å²) in [6.45, 7) is 0. The van der Waals surface area contributed by atoms with Gasteiger partial charge in [0.25, 0.3) is 0 Å². The summed E-state index contributed by atoms with van der Waals surface area (Å²) in [4.78, 5) is 0. The number of ether oxygens (including phenoxy) is 2. The third-order valence-corrected chi connectivity index (χ3v) is 3.80. The second kappa shape index (κ2) is 4.72. The highest BCUT2D eigenvalue weighted by Crippen LogP contribution is 2.50. The van der Waals surface area contributed by atoms with E-state index in [2.05, 4.69) is 0 Å². The Balaban J connectivity index is 2.40. The molecule has 0 heterocycles. The van der Waals surface area contributed by atoms with Crippen molar-refractivity contribution in [1.82, 2.24) is 0 Å². The van der Waals surface area contributed by atoms with Gasteiger partial charge in [0.15, 0.2) is 0 Å². The van der Waals surface area contributed by atoms with Crippen LogP contribution in [0, 0.1) is 5.92 Å². The molecule has 0 aromatic heterocycles. The van der Waals surface area contributed by atoms with E-state index in [0.29, 0.717) is 22.4 Å². The standard InChI is InChI=1S/C12H14Cl2O2/c1-15-9-6-5-8(10(13)7-3-4-7)12(16-2)11(9)14/h5-7,10H,3-4H2,1-2H3. The number of rotatable bonds is 4. The Labute approximate surface area is 105 Å². The van der Waals surface area contributed by atoms with Crippen LogP contribution in [0.15, 0.2) is 12.1 Å². The highest BCUT2D eigenvalue weighted by molar-refractivity contribution is 6.34. The minimum atomic E-state index is -0.0154. The molecule has 1 unspecified atom stereocenters. The first-order valence-corrected chi connectivity index (χ1v) is 6.05. The van der Waals surface area contributed by atoms with Crippen molar-refractivity contribution in [3.8, 4) is 11.5 Å². The molecule has 1 fully saturated rings. The van der Waals surface area contributed by atoms with Crippen molar-refractivity contribution < 1.29 is 9.47 Å². The van der Waals surface area contributed by atoms with Crippen LogP contribution in [0.2, 0.25) is 5.02 Å². The summed E-state index contributed by atoms with van der Waals surface area (Å²) >= 11 is 12.6. The SMILES string of the molecule is COc1ccc(C(Cl)C2CC2)c(OC)c1Cl. The summed E-state index contributed by atoms with van der Waals surface area (Å²) in [6.07, 6.45) is 2.36. The fourth-order valence-electron chi connectivity index (χ4n) is 1.78. The van der Waals surface area contributed by atoms with Crippen LogP contribution in [-0.2, 0) is 0 Å². The van der Waals surface area contributed by atoms with E-state index in [1.54, 1.807) is 14.2 Å². The normalized spacial score (nSPS) is 17.0. The van der Waals surface area contributed by atoms with Crippen LogP contribution in [0.5, 0.6) is 11.5 Å². The van der Waals surface area contributed by atoms with Crippen molar-refractivity contribution in [3.05, 3.63) is 22.7 Å². The highest BCUT2D eigenvalue weighted by Gasteiger charge is 2.33. The fourth-order valence-corrected chi connectivity index (χ4v) is 2.53. The number of methoxy groups -OCH3 is 2. The van der Waals surface area contributed by atoms with Gasteiger partial charge in [-0.2, -0.15) is 0 Å². The van der Waals surface area contributed by atoms with E-state index in [1.165, 1.54) is 12.8 Å². The quantitative estimate of drug-likeness (QED) is 0.761. The summed E-state index contributed by atoms with van der Waals surface area (Å²) in [6, 6.07) is 3.76. The van der Waals surface area contributed by atoms with E-state index in [0.717, 1.165) is 5.56 Å². The maximum absolute atomic E-state index is 6.38. The summed E-state index contributed by atoms with van der Waals surface area (Å²) in [7, 11) is 3.18. The molecule has 1 atom stereocenters. The Kier molecular flexibility index (Phi) is 3.50. The first kappa shape index (κ1) is 11.9. The van der Waals surface area contributed by atoms with E-state index >= 15 is 0 Å². The van der Waals surface area contributed by atoms with Crippen molar-refractivity contribution in [1.29, 1.82) is 0 Å². The first-order valence-electron chi connectivity index (χ1n) is 5.23. The average Bonchev–Trinajstić information content (AvgIpc) is 3.11. The number of benzene rings is 1. The van der Waals surface area contributed by atoms with Crippen LogP contribution in [-0.4, -0.2) is 14.2 Å². The van der Waals surface area contributed by atoms with Gasteiger partial charge in [-0.25, -0.2) is 0 Å². The lowest BCUT2D eigenvalue weighted by atomic mass is 10.1. The van der Waals surface area contributed by atoms with Crippen molar-refractivity contribution in [2.24, 2.45) is 5.92 Å². The van der Waals surface area contributed by atoms with Gasteiger partial charge in [0.1, 0.15) is 16.5 Å². The molecule has 0 amide bonds. The van der Waals surface area contributed by atoms with Crippen molar-refractivity contribution in [3.63, 3.8) is 0 Å². The van der Waals surface area contributed by atoms with Gasteiger partial charge in [-0.05, 0) is 24.8 Å². The molecule has 1 aromatic rings. The molecule has 1 aliphatic rings. The molecular weight excluding hydrogens is 247 g/mol. The molecule has 0 spiro atoms. The lowest BCUT2D eigenvalue weighted by Crippen LogP contribution is -1.99. The topological polar surface area (TPSA) is 18.5 Å². The van der Waals surface area contributed by atoms with Crippen molar-refractivity contribution in [2.45, 2.75) is 18.2 Å². The van der Waals surface area contributed by atoms with Gasteiger partial charge in [0, 0.05) is 5.56 Å². The van der Waals surface area contributed by atoms with Gasteiger partial charge in [0.2, 0.25) is 0 Å². The van der Waals surface area contributed by atoms with Gasteiger partial charge in [-0.3, -0.25) is 0 Å². The van der Waals surface area contributed by atoms with Gasteiger partial charge in [-0.15, -0.1) is 11.6 Å². The molecule has 2 rings (SSSR count). The summed E-state index contributed by atoms with van der Waals surface area (Å²) in [5.74, 6) is 1.80. The van der Waals surface area contributed by atoms with E-state index in [4.69, 9.17) is 32.7 Å². The monoisotopic (exact) mass is 260 g/mol. The van der Waals surface area contributed by atoms with Crippen LogP contribution in [0.1, 0.15) is 23.8 Å². The number of halogens is 2. The molecule has 2 nitrogen and oxygen atoms in total. The Bertz CT molecular complexity index is 389. The minimum absolute atomic E-state index is 0.0154. The van der Waals surface area contributed by atoms with Gasteiger partial charge >= 0.3 is 0 Å². The zero-order chi connectivity index (χ0) is 11.7. The molecule has 1 aliphatic carbocycles. The predicted octanol–water partition coefficient (Wildman–Crippen LogP) is 4.05. The Morgan fingerprint density at radius 1 is 1.25 bits per heavy atom. The van der Waals surface area contributed by atoms with E-state index in [9.17, 15) is 0 Å².